The van der Waals surface area contributed by atoms with Gasteiger partial charge in [0.05, 0.1) is 6.61 Å². The van der Waals surface area contributed by atoms with Gasteiger partial charge in [-0.15, -0.1) is 0 Å². The highest BCUT2D eigenvalue weighted by molar-refractivity contribution is 7.99. The average Bonchev–Trinajstić information content (AvgIpc) is 3.31. The van der Waals surface area contributed by atoms with Crippen LogP contribution in [0.3, 0.4) is 0 Å². The maximum absolute atomic E-state index is 12.0. The number of rotatable bonds is 8. The van der Waals surface area contributed by atoms with E-state index in [2.05, 4.69) is 75.5 Å². The van der Waals surface area contributed by atoms with E-state index >= 15 is 0 Å². The molecule has 1 atom stereocenters. The molecule has 6 rings (SSSR count). The summed E-state index contributed by atoms with van der Waals surface area (Å²) >= 11 is 1.80. The van der Waals surface area contributed by atoms with Gasteiger partial charge in [-0.2, -0.15) is 0 Å². The van der Waals surface area contributed by atoms with E-state index in [4.69, 9.17) is 4.74 Å². The number of benzene rings is 3. The van der Waals surface area contributed by atoms with Crippen LogP contribution < -0.4 is 4.74 Å². The summed E-state index contributed by atoms with van der Waals surface area (Å²) in [5, 5.41) is 0. The summed E-state index contributed by atoms with van der Waals surface area (Å²) in [6.45, 7) is 4.27. The summed E-state index contributed by atoms with van der Waals surface area (Å²) in [7, 11) is 2.03. The first-order chi connectivity index (χ1) is 19.5. The van der Waals surface area contributed by atoms with E-state index in [9.17, 15) is 9.59 Å². The molecule has 1 spiro atoms. The van der Waals surface area contributed by atoms with Gasteiger partial charge >= 0.3 is 0 Å². The van der Waals surface area contributed by atoms with Crippen molar-refractivity contribution in [3.05, 3.63) is 89.0 Å². The Kier molecular flexibility index (Phi) is 7.87. The first kappa shape index (κ1) is 26.9. The molecule has 0 aliphatic carbocycles. The third-order valence-electron chi connectivity index (χ3n) is 8.57. The molecule has 0 aromatic heterocycles. The van der Waals surface area contributed by atoms with Crippen molar-refractivity contribution >= 4 is 30.2 Å². The third kappa shape index (κ3) is 5.78. The number of ether oxygens (including phenoxy) is 1. The van der Waals surface area contributed by atoms with Crippen molar-refractivity contribution in [2.24, 2.45) is 4.99 Å². The van der Waals surface area contributed by atoms with Gasteiger partial charge in [-0.1, -0.05) is 42.1 Å². The molecule has 3 aromatic rings. The lowest BCUT2D eigenvalue weighted by Crippen LogP contribution is -2.43. The van der Waals surface area contributed by atoms with Crippen molar-refractivity contribution in [1.29, 1.82) is 0 Å². The largest absolute Gasteiger partial charge is 0.492 e. The molecule has 1 amide bonds. The summed E-state index contributed by atoms with van der Waals surface area (Å²) in [5.74, 6) is 0.803. The topological polar surface area (TPSA) is 62.2 Å². The minimum atomic E-state index is -0.0556. The molecule has 0 radical (unpaired) electrons. The van der Waals surface area contributed by atoms with Gasteiger partial charge in [-0.25, -0.2) is 4.99 Å². The molecular formula is C33H35N3O3S. The molecular weight excluding hydrogens is 518 g/mol. The van der Waals surface area contributed by atoms with Crippen molar-refractivity contribution in [2.45, 2.75) is 60.0 Å². The Morgan fingerprint density at radius 3 is 2.62 bits per heavy atom. The molecule has 0 N–H and O–H groups in total. The summed E-state index contributed by atoms with van der Waals surface area (Å²) in [6, 6.07) is 23.6. The number of hydrogen-bond acceptors (Lipinski definition) is 6. The van der Waals surface area contributed by atoms with Crippen molar-refractivity contribution in [3.8, 4) is 5.75 Å². The van der Waals surface area contributed by atoms with E-state index in [0.29, 0.717) is 25.1 Å². The second-order valence-electron chi connectivity index (χ2n) is 11.3. The fourth-order valence-corrected chi connectivity index (χ4v) is 7.08. The average molecular weight is 554 g/mol. The van der Waals surface area contributed by atoms with Crippen LogP contribution >= 0.6 is 11.8 Å². The van der Waals surface area contributed by atoms with E-state index in [1.807, 2.05) is 13.1 Å². The lowest BCUT2D eigenvalue weighted by atomic mass is 9.73. The van der Waals surface area contributed by atoms with Crippen molar-refractivity contribution < 1.29 is 14.3 Å². The molecule has 0 saturated carbocycles. The Bertz CT molecular complexity index is 1420. The zero-order valence-electron chi connectivity index (χ0n) is 22.9. The van der Waals surface area contributed by atoms with Crippen LogP contribution in [-0.4, -0.2) is 61.0 Å². The number of amides is 1. The van der Waals surface area contributed by atoms with Gasteiger partial charge in [0.25, 0.3) is 0 Å². The summed E-state index contributed by atoms with van der Waals surface area (Å²) in [5.41, 5.74) is 4.27. The molecule has 3 heterocycles. The molecule has 1 saturated heterocycles. The molecule has 3 aromatic carbocycles. The fourth-order valence-electron chi connectivity index (χ4n) is 6.16. The lowest BCUT2D eigenvalue weighted by Gasteiger charge is -2.39. The summed E-state index contributed by atoms with van der Waals surface area (Å²) in [4.78, 5) is 34.8. The van der Waals surface area contributed by atoms with E-state index in [0.717, 1.165) is 56.5 Å². The van der Waals surface area contributed by atoms with Crippen LogP contribution in [0.15, 0.2) is 81.5 Å². The summed E-state index contributed by atoms with van der Waals surface area (Å²) in [6.07, 6.45) is 5.98. The molecule has 1 fully saturated rings. The van der Waals surface area contributed by atoms with Crippen LogP contribution in [-0.2, 0) is 23.3 Å². The fraction of sp³-hybridized carbons (Fsp3) is 0.364. The van der Waals surface area contributed by atoms with Crippen LogP contribution in [0.25, 0.3) is 0 Å². The van der Waals surface area contributed by atoms with Gasteiger partial charge in [0.2, 0.25) is 5.91 Å². The molecule has 7 heteroatoms. The molecule has 40 heavy (non-hydrogen) atoms. The Balaban J connectivity index is 1.13. The molecule has 0 bridgehead atoms. The van der Waals surface area contributed by atoms with Gasteiger partial charge in [0.1, 0.15) is 5.75 Å². The quantitative estimate of drug-likeness (QED) is 0.330. The Labute approximate surface area is 240 Å². The Morgan fingerprint density at radius 2 is 1.88 bits per heavy atom. The number of likely N-dealkylation sites (tertiary alicyclic amines) is 1. The normalized spacial score (nSPS) is 20.1. The zero-order valence-corrected chi connectivity index (χ0v) is 23.7. The molecule has 3 aliphatic heterocycles. The van der Waals surface area contributed by atoms with Crippen LogP contribution in [0.5, 0.6) is 5.75 Å². The second-order valence-corrected chi connectivity index (χ2v) is 12.4. The van der Waals surface area contributed by atoms with Gasteiger partial charge < -0.3 is 4.74 Å². The minimum absolute atomic E-state index is 0.00963. The molecule has 6 nitrogen and oxygen atoms in total. The van der Waals surface area contributed by atoms with Crippen molar-refractivity contribution in [2.75, 3.05) is 26.7 Å². The Morgan fingerprint density at radius 1 is 1.07 bits per heavy atom. The Hall–Kier alpha value is -3.26. The van der Waals surface area contributed by atoms with E-state index < -0.39 is 0 Å². The lowest BCUT2D eigenvalue weighted by molar-refractivity contribution is -0.118. The van der Waals surface area contributed by atoms with Crippen LogP contribution in [0.2, 0.25) is 0 Å². The monoisotopic (exact) mass is 553 g/mol. The minimum Gasteiger partial charge on any atom is -0.492 e. The first-order valence-corrected chi connectivity index (χ1v) is 14.9. The first-order valence-electron chi connectivity index (χ1n) is 14.1. The highest BCUT2D eigenvalue weighted by Crippen LogP contribution is 2.47. The molecule has 1 unspecified atom stereocenters. The number of fused-ring (bicyclic) bond motifs is 2. The number of hydrogen-bond donors (Lipinski definition) is 0. The maximum atomic E-state index is 12.0. The van der Waals surface area contributed by atoms with Crippen molar-refractivity contribution in [1.82, 2.24) is 9.80 Å². The predicted octanol–water partition coefficient (Wildman–Crippen LogP) is 5.77. The molecule has 206 valence electrons. The van der Waals surface area contributed by atoms with E-state index in [1.165, 1.54) is 20.9 Å². The van der Waals surface area contributed by atoms with Gasteiger partial charge in [-0.3, -0.25) is 19.4 Å². The van der Waals surface area contributed by atoms with E-state index in [1.54, 1.807) is 18.0 Å². The number of aliphatic imine (C=N–C) groups is 1. The van der Waals surface area contributed by atoms with Crippen LogP contribution in [0.1, 0.15) is 52.7 Å². The standard InChI is InChI=1S/C33H35N3O3S/c1-35(27-10-11-32(38)34-19-27)21-25-17-30-31(18-26(25)22-37)39-23-33(30)12-14-36(15-13-33)20-24-6-5-9-29(16-24)40-28-7-3-2-4-8-28/h2-9,16-19,22,27H,10-15,20-21,23H2,1H3. The number of nitrogens with zero attached hydrogens (tertiary/aromatic N) is 3. The number of aldehydes is 1. The third-order valence-corrected chi connectivity index (χ3v) is 9.57. The molecule has 3 aliphatic rings. The highest BCUT2D eigenvalue weighted by atomic mass is 32.2. The summed E-state index contributed by atoms with van der Waals surface area (Å²) < 4.78 is 6.20. The van der Waals surface area contributed by atoms with E-state index in [-0.39, 0.29) is 17.4 Å². The SMILES string of the molecule is CN(Cc1cc2c(cc1C=O)OCC21CCN(Cc2cccc(Sc3ccccc3)c2)CC1)C1C=NC(=O)CC1. The van der Waals surface area contributed by atoms with Gasteiger partial charge in [0.15, 0.2) is 6.29 Å². The smallest absolute Gasteiger partial charge is 0.245 e. The van der Waals surface area contributed by atoms with Crippen LogP contribution in [0, 0.1) is 0 Å². The number of piperidine rings is 1. The zero-order chi connectivity index (χ0) is 27.5. The predicted molar refractivity (Wildman–Crippen MR) is 159 cm³/mol. The van der Waals surface area contributed by atoms with Gasteiger partial charge in [-0.05, 0) is 86.9 Å². The highest BCUT2D eigenvalue weighted by Gasteiger charge is 2.43. The van der Waals surface area contributed by atoms with Crippen molar-refractivity contribution in [3.63, 3.8) is 0 Å². The second kappa shape index (κ2) is 11.7. The number of carbonyl (C=O) groups is 2. The number of carbonyl (C=O) groups excluding carboxylic acids is 2. The van der Waals surface area contributed by atoms with Gasteiger partial charge in [0, 0.05) is 58.1 Å². The maximum Gasteiger partial charge on any atom is 0.245 e. The van der Waals surface area contributed by atoms with Crippen LogP contribution in [0.4, 0.5) is 0 Å².